The van der Waals surface area contributed by atoms with E-state index in [2.05, 4.69) is 24.1 Å². The quantitative estimate of drug-likeness (QED) is 0.820. The first-order chi connectivity index (χ1) is 7.65. The lowest BCUT2D eigenvalue weighted by molar-refractivity contribution is 0.274. The van der Waals surface area contributed by atoms with Crippen LogP contribution in [0.3, 0.4) is 0 Å². The van der Waals surface area contributed by atoms with Gasteiger partial charge in [0, 0.05) is 36.9 Å². The predicted molar refractivity (Wildman–Crippen MR) is 66.8 cm³/mol. The van der Waals surface area contributed by atoms with E-state index in [-0.39, 0.29) is 0 Å². The summed E-state index contributed by atoms with van der Waals surface area (Å²) < 4.78 is 0. The lowest BCUT2D eigenvalue weighted by Gasteiger charge is -2.20. The van der Waals surface area contributed by atoms with Crippen molar-refractivity contribution in [2.75, 3.05) is 18.4 Å². The van der Waals surface area contributed by atoms with Crippen molar-refractivity contribution in [1.82, 2.24) is 4.90 Å². The van der Waals surface area contributed by atoms with Crippen LogP contribution in [0.15, 0.2) is 24.3 Å². The standard InChI is InChI=1S/C13H20N2O/c1-10(2)15-7-6-12(9-15)14-11-4-3-5-13(16)8-11/h3-5,8,10,12,14,16H,6-7,9H2,1-2H3. The van der Waals surface area contributed by atoms with Crippen molar-refractivity contribution in [1.29, 1.82) is 0 Å². The maximum Gasteiger partial charge on any atom is 0.117 e. The molecule has 1 saturated heterocycles. The van der Waals surface area contributed by atoms with Crippen LogP contribution >= 0.6 is 0 Å². The van der Waals surface area contributed by atoms with E-state index >= 15 is 0 Å². The van der Waals surface area contributed by atoms with Crippen molar-refractivity contribution in [3.05, 3.63) is 24.3 Å². The Hall–Kier alpha value is -1.22. The molecule has 0 saturated carbocycles. The van der Waals surface area contributed by atoms with Gasteiger partial charge in [-0.2, -0.15) is 0 Å². The van der Waals surface area contributed by atoms with Crippen molar-refractivity contribution >= 4 is 5.69 Å². The van der Waals surface area contributed by atoms with Gasteiger partial charge >= 0.3 is 0 Å². The van der Waals surface area contributed by atoms with Crippen LogP contribution in [-0.2, 0) is 0 Å². The zero-order valence-electron chi connectivity index (χ0n) is 9.98. The Labute approximate surface area is 97.1 Å². The molecular formula is C13H20N2O. The van der Waals surface area contributed by atoms with E-state index in [0.717, 1.165) is 18.8 Å². The first kappa shape index (κ1) is 11.3. The minimum Gasteiger partial charge on any atom is -0.508 e. The third kappa shape index (κ3) is 2.67. The van der Waals surface area contributed by atoms with Crippen molar-refractivity contribution in [3.63, 3.8) is 0 Å². The van der Waals surface area contributed by atoms with Crippen LogP contribution in [0.2, 0.25) is 0 Å². The highest BCUT2D eigenvalue weighted by molar-refractivity contribution is 5.48. The van der Waals surface area contributed by atoms with Gasteiger partial charge in [-0.1, -0.05) is 6.07 Å². The topological polar surface area (TPSA) is 35.5 Å². The van der Waals surface area contributed by atoms with Gasteiger partial charge in [-0.25, -0.2) is 0 Å². The van der Waals surface area contributed by atoms with E-state index in [1.54, 1.807) is 12.1 Å². The van der Waals surface area contributed by atoms with Gasteiger partial charge in [0.2, 0.25) is 0 Å². The molecule has 1 atom stereocenters. The molecule has 2 N–H and O–H groups in total. The van der Waals surface area contributed by atoms with E-state index in [1.165, 1.54) is 6.42 Å². The highest BCUT2D eigenvalue weighted by Crippen LogP contribution is 2.20. The Morgan fingerprint density at radius 3 is 2.88 bits per heavy atom. The maximum absolute atomic E-state index is 9.38. The molecular weight excluding hydrogens is 200 g/mol. The molecule has 1 fully saturated rings. The van der Waals surface area contributed by atoms with Gasteiger partial charge in [0.05, 0.1) is 0 Å². The van der Waals surface area contributed by atoms with Crippen molar-refractivity contribution in [3.8, 4) is 5.75 Å². The fraction of sp³-hybridized carbons (Fsp3) is 0.538. The molecule has 3 heteroatoms. The Morgan fingerprint density at radius 1 is 1.44 bits per heavy atom. The number of phenols is 1. The average molecular weight is 220 g/mol. The Bertz CT molecular complexity index is 352. The number of anilines is 1. The van der Waals surface area contributed by atoms with Crippen LogP contribution in [-0.4, -0.2) is 35.2 Å². The Kier molecular flexibility index (Phi) is 3.34. The molecule has 1 aromatic rings. The smallest absolute Gasteiger partial charge is 0.117 e. The molecule has 88 valence electrons. The molecule has 0 bridgehead atoms. The summed E-state index contributed by atoms with van der Waals surface area (Å²) in [6.45, 7) is 6.72. The van der Waals surface area contributed by atoms with Crippen LogP contribution < -0.4 is 5.32 Å². The fourth-order valence-corrected chi connectivity index (χ4v) is 2.21. The first-order valence-electron chi connectivity index (χ1n) is 5.95. The number of phenolic OH excluding ortho intramolecular Hbond substituents is 1. The van der Waals surface area contributed by atoms with Crippen LogP contribution in [0.1, 0.15) is 20.3 Å². The number of hydrogen-bond donors (Lipinski definition) is 2. The molecule has 1 heterocycles. The first-order valence-corrected chi connectivity index (χ1v) is 5.95. The Morgan fingerprint density at radius 2 is 2.25 bits per heavy atom. The zero-order valence-corrected chi connectivity index (χ0v) is 9.98. The number of benzene rings is 1. The van der Waals surface area contributed by atoms with Crippen LogP contribution in [0.4, 0.5) is 5.69 Å². The monoisotopic (exact) mass is 220 g/mol. The molecule has 0 amide bonds. The average Bonchev–Trinajstić information content (AvgIpc) is 2.66. The molecule has 1 aliphatic rings. The highest BCUT2D eigenvalue weighted by Gasteiger charge is 2.23. The number of rotatable bonds is 3. The molecule has 0 radical (unpaired) electrons. The minimum absolute atomic E-state index is 0.323. The second-order valence-electron chi connectivity index (χ2n) is 4.77. The number of aromatic hydroxyl groups is 1. The molecule has 1 unspecified atom stereocenters. The summed E-state index contributed by atoms with van der Waals surface area (Å²) in [5, 5.41) is 12.8. The molecule has 2 rings (SSSR count). The third-order valence-electron chi connectivity index (χ3n) is 3.17. The van der Waals surface area contributed by atoms with E-state index < -0.39 is 0 Å². The minimum atomic E-state index is 0.323. The normalized spacial score (nSPS) is 21.6. The number of nitrogens with one attached hydrogen (secondary N) is 1. The molecule has 1 aliphatic heterocycles. The van der Waals surface area contributed by atoms with Crippen LogP contribution in [0, 0.1) is 0 Å². The van der Waals surface area contributed by atoms with E-state index in [4.69, 9.17) is 0 Å². The van der Waals surface area contributed by atoms with Crippen molar-refractivity contribution in [2.45, 2.75) is 32.4 Å². The molecule has 0 aromatic heterocycles. The van der Waals surface area contributed by atoms with Gasteiger partial charge in [-0.05, 0) is 32.4 Å². The second kappa shape index (κ2) is 4.74. The van der Waals surface area contributed by atoms with Crippen LogP contribution in [0.25, 0.3) is 0 Å². The molecule has 0 aliphatic carbocycles. The summed E-state index contributed by atoms with van der Waals surface area (Å²) >= 11 is 0. The van der Waals surface area contributed by atoms with Crippen molar-refractivity contribution in [2.24, 2.45) is 0 Å². The largest absolute Gasteiger partial charge is 0.508 e. The van der Waals surface area contributed by atoms with E-state index in [0.29, 0.717) is 17.8 Å². The van der Waals surface area contributed by atoms with Crippen molar-refractivity contribution < 1.29 is 5.11 Å². The van der Waals surface area contributed by atoms with Gasteiger partial charge in [0.1, 0.15) is 5.75 Å². The molecule has 3 nitrogen and oxygen atoms in total. The second-order valence-corrected chi connectivity index (χ2v) is 4.77. The van der Waals surface area contributed by atoms with Crippen LogP contribution in [0.5, 0.6) is 5.75 Å². The number of hydrogen-bond acceptors (Lipinski definition) is 3. The third-order valence-corrected chi connectivity index (χ3v) is 3.17. The lowest BCUT2D eigenvalue weighted by Crippen LogP contribution is -2.31. The van der Waals surface area contributed by atoms with Gasteiger partial charge < -0.3 is 10.4 Å². The Balaban J connectivity index is 1.92. The van der Waals surface area contributed by atoms with Gasteiger partial charge in [0.15, 0.2) is 0 Å². The molecule has 1 aromatic carbocycles. The SMILES string of the molecule is CC(C)N1CCC(Nc2cccc(O)c2)C1. The van der Waals surface area contributed by atoms with E-state index in [9.17, 15) is 5.11 Å². The summed E-state index contributed by atoms with van der Waals surface area (Å²) in [6, 6.07) is 8.46. The maximum atomic E-state index is 9.38. The predicted octanol–water partition coefficient (Wildman–Crippen LogP) is 2.29. The highest BCUT2D eigenvalue weighted by atomic mass is 16.3. The number of likely N-dealkylation sites (tertiary alicyclic amines) is 1. The van der Waals surface area contributed by atoms with Gasteiger partial charge in [-0.15, -0.1) is 0 Å². The lowest BCUT2D eigenvalue weighted by atomic mass is 10.2. The fourth-order valence-electron chi connectivity index (χ4n) is 2.21. The molecule has 16 heavy (non-hydrogen) atoms. The van der Waals surface area contributed by atoms with Gasteiger partial charge in [0.25, 0.3) is 0 Å². The summed E-state index contributed by atoms with van der Waals surface area (Å²) in [5.41, 5.74) is 1.01. The zero-order chi connectivity index (χ0) is 11.5. The summed E-state index contributed by atoms with van der Waals surface area (Å²) in [7, 11) is 0. The number of nitrogens with zero attached hydrogens (tertiary/aromatic N) is 1. The van der Waals surface area contributed by atoms with Gasteiger partial charge in [-0.3, -0.25) is 4.90 Å². The summed E-state index contributed by atoms with van der Waals surface area (Å²) in [5.74, 6) is 0.323. The molecule has 0 spiro atoms. The van der Waals surface area contributed by atoms with E-state index in [1.807, 2.05) is 12.1 Å². The summed E-state index contributed by atoms with van der Waals surface area (Å²) in [4.78, 5) is 2.47. The summed E-state index contributed by atoms with van der Waals surface area (Å²) in [6.07, 6.45) is 1.17.